The van der Waals surface area contributed by atoms with Gasteiger partial charge in [-0.15, -0.1) is 12.4 Å². The Morgan fingerprint density at radius 1 is 1.35 bits per heavy atom. The maximum atomic E-state index is 5.58. The Bertz CT molecular complexity index is 555. The lowest BCUT2D eigenvalue weighted by Gasteiger charge is -2.19. The highest BCUT2D eigenvalue weighted by atomic mass is 35.5. The third kappa shape index (κ3) is 2.92. The summed E-state index contributed by atoms with van der Waals surface area (Å²) in [7, 11) is 1.62. The Morgan fingerprint density at radius 2 is 2.20 bits per heavy atom. The number of hydrogen-bond donors (Lipinski definition) is 1. The fourth-order valence-electron chi connectivity index (χ4n) is 2.03. The van der Waals surface area contributed by atoms with Crippen LogP contribution < -0.4 is 10.1 Å². The Hall–Kier alpha value is -1.63. The Morgan fingerprint density at radius 3 is 2.95 bits per heavy atom. The normalized spacial score (nSPS) is 18.4. The summed E-state index contributed by atoms with van der Waals surface area (Å²) in [6, 6.07) is 7.57. The van der Waals surface area contributed by atoms with Crippen molar-refractivity contribution >= 4 is 12.4 Å². The molecule has 0 aliphatic carbocycles. The van der Waals surface area contributed by atoms with Gasteiger partial charge in [-0.25, -0.2) is 0 Å². The van der Waals surface area contributed by atoms with Crippen molar-refractivity contribution in [2.45, 2.75) is 6.10 Å². The first-order valence-electron chi connectivity index (χ1n) is 6.18. The van der Waals surface area contributed by atoms with Gasteiger partial charge in [0.1, 0.15) is 11.9 Å². The van der Waals surface area contributed by atoms with Crippen LogP contribution in [0.15, 0.2) is 28.8 Å². The topological polar surface area (TPSA) is 69.4 Å². The zero-order chi connectivity index (χ0) is 13.1. The molecule has 1 saturated heterocycles. The van der Waals surface area contributed by atoms with Crippen molar-refractivity contribution in [1.82, 2.24) is 15.5 Å². The van der Waals surface area contributed by atoms with Gasteiger partial charge in [0.2, 0.25) is 5.82 Å². The molecule has 0 saturated carbocycles. The summed E-state index contributed by atoms with van der Waals surface area (Å²) in [5, 5.41) is 7.22. The molecule has 20 heavy (non-hydrogen) atoms. The van der Waals surface area contributed by atoms with Gasteiger partial charge in [0.25, 0.3) is 5.89 Å². The molecule has 0 amide bonds. The molecule has 2 heterocycles. The summed E-state index contributed by atoms with van der Waals surface area (Å²) in [6.45, 7) is 2.19. The quantitative estimate of drug-likeness (QED) is 0.932. The van der Waals surface area contributed by atoms with Crippen LogP contribution in [0.3, 0.4) is 0 Å². The molecule has 1 fully saturated rings. The van der Waals surface area contributed by atoms with Crippen molar-refractivity contribution in [3.8, 4) is 17.1 Å². The summed E-state index contributed by atoms with van der Waals surface area (Å²) in [4.78, 5) is 4.39. The summed E-state index contributed by atoms with van der Waals surface area (Å²) < 4.78 is 16.1. The summed E-state index contributed by atoms with van der Waals surface area (Å²) in [6.07, 6.45) is -0.176. The Balaban J connectivity index is 0.00000147. The van der Waals surface area contributed by atoms with Crippen LogP contribution in [-0.4, -0.2) is 36.9 Å². The number of rotatable bonds is 3. The molecule has 2 aromatic rings. The largest absolute Gasteiger partial charge is 0.496 e. The second kappa shape index (κ2) is 6.69. The molecule has 1 aliphatic rings. The molecule has 1 aromatic heterocycles. The molecule has 1 N–H and O–H groups in total. The van der Waals surface area contributed by atoms with E-state index in [1.54, 1.807) is 7.11 Å². The Kier molecular flexibility index (Phi) is 4.94. The zero-order valence-electron chi connectivity index (χ0n) is 11.0. The molecule has 3 rings (SSSR count). The lowest BCUT2D eigenvalue weighted by Crippen LogP contribution is -2.33. The van der Waals surface area contributed by atoms with E-state index in [4.69, 9.17) is 14.0 Å². The third-order valence-electron chi connectivity index (χ3n) is 2.99. The lowest BCUT2D eigenvalue weighted by molar-refractivity contribution is 0.00755. The number of ether oxygens (including phenoxy) is 2. The van der Waals surface area contributed by atoms with E-state index in [0.717, 1.165) is 17.9 Å². The van der Waals surface area contributed by atoms with E-state index in [9.17, 15) is 0 Å². The molecule has 7 heteroatoms. The average Bonchev–Trinajstić information content (AvgIpc) is 2.98. The molecule has 1 atom stereocenters. The van der Waals surface area contributed by atoms with Crippen LogP contribution in [0, 0.1) is 0 Å². The maximum absolute atomic E-state index is 5.58. The molecule has 0 spiro atoms. The minimum atomic E-state index is -0.176. The van der Waals surface area contributed by atoms with E-state index in [1.165, 1.54) is 0 Å². The van der Waals surface area contributed by atoms with Crippen LogP contribution in [0.4, 0.5) is 0 Å². The molecule has 1 aromatic carbocycles. The number of morpholine rings is 1. The van der Waals surface area contributed by atoms with E-state index < -0.39 is 0 Å². The van der Waals surface area contributed by atoms with E-state index in [2.05, 4.69) is 15.5 Å². The molecule has 0 bridgehead atoms. The van der Waals surface area contributed by atoms with Gasteiger partial charge in [0, 0.05) is 13.1 Å². The molecule has 108 valence electrons. The standard InChI is InChI=1S/C13H15N3O3.ClH/c1-17-10-5-3-2-4-9(10)12-15-13(19-16-12)11-8-14-6-7-18-11;/h2-5,11,14H,6-8H2,1H3;1H/t11-;/m0./s1. The number of para-hydroxylation sites is 1. The number of benzene rings is 1. The maximum Gasteiger partial charge on any atom is 0.257 e. The average molecular weight is 298 g/mol. The molecular formula is C13H16ClN3O3. The van der Waals surface area contributed by atoms with E-state index in [1.807, 2.05) is 24.3 Å². The highest BCUT2D eigenvalue weighted by molar-refractivity contribution is 5.85. The van der Waals surface area contributed by atoms with Gasteiger partial charge < -0.3 is 19.3 Å². The van der Waals surface area contributed by atoms with Gasteiger partial charge >= 0.3 is 0 Å². The molecular weight excluding hydrogens is 282 g/mol. The number of methoxy groups -OCH3 is 1. The van der Waals surface area contributed by atoms with E-state index in [0.29, 0.717) is 24.9 Å². The van der Waals surface area contributed by atoms with Gasteiger partial charge in [-0.3, -0.25) is 0 Å². The number of aromatic nitrogens is 2. The minimum Gasteiger partial charge on any atom is -0.496 e. The van der Waals surface area contributed by atoms with Crippen LogP contribution in [0.2, 0.25) is 0 Å². The molecule has 0 unspecified atom stereocenters. The van der Waals surface area contributed by atoms with Crippen molar-refractivity contribution in [2.75, 3.05) is 26.8 Å². The van der Waals surface area contributed by atoms with Gasteiger partial charge in [-0.1, -0.05) is 17.3 Å². The first-order chi connectivity index (χ1) is 9.38. The van der Waals surface area contributed by atoms with Crippen molar-refractivity contribution in [2.24, 2.45) is 0 Å². The third-order valence-corrected chi connectivity index (χ3v) is 2.99. The number of hydrogen-bond acceptors (Lipinski definition) is 6. The second-order valence-corrected chi connectivity index (χ2v) is 4.22. The van der Waals surface area contributed by atoms with Gasteiger partial charge in [0.15, 0.2) is 0 Å². The lowest BCUT2D eigenvalue weighted by atomic mass is 10.2. The number of nitrogens with one attached hydrogen (secondary N) is 1. The fourth-order valence-corrected chi connectivity index (χ4v) is 2.03. The monoisotopic (exact) mass is 297 g/mol. The van der Waals surface area contributed by atoms with Gasteiger partial charge in [-0.2, -0.15) is 4.98 Å². The predicted octanol–water partition coefficient (Wildman–Crippen LogP) is 1.83. The highest BCUT2D eigenvalue weighted by Gasteiger charge is 2.23. The number of halogens is 1. The van der Waals surface area contributed by atoms with Gasteiger partial charge in [0.05, 0.1) is 19.3 Å². The summed E-state index contributed by atoms with van der Waals surface area (Å²) in [5.74, 6) is 1.73. The van der Waals surface area contributed by atoms with Crippen LogP contribution >= 0.6 is 12.4 Å². The van der Waals surface area contributed by atoms with E-state index in [-0.39, 0.29) is 18.5 Å². The SMILES string of the molecule is COc1ccccc1-c1noc([C@@H]2CNCCO2)n1.Cl. The van der Waals surface area contributed by atoms with Crippen molar-refractivity contribution in [3.05, 3.63) is 30.2 Å². The predicted molar refractivity (Wildman–Crippen MR) is 75.1 cm³/mol. The van der Waals surface area contributed by atoms with Crippen LogP contribution in [0.5, 0.6) is 5.75 Å². The van der Waals surface area contributed by atoms with Crippen molar-refractivity contribution < 1.29 is 14.0 Å². The van der Waals surface area contributed by atoms with Crippen LogP contribution in [-0.2, 0) is 4.74 Å². The highest BCUT2D eigenvalue weighted by Crippen LogP contribution is 2.28. The van der Waals surface area contributed by atoms with Crippen LogP contribution in [0.25, 0.3) is 11.4 Å². The molecule has 6 nitrogen and oxygen atoms in total. The van der Waals surface area contributed by atoms with Gasteiger partial charge in [-0.05, 0) is 12.1 Å². The molecule has 0 radical (unpaired) electrons. The zero-order valence-corrected chi connectivity index (χ0v) is 11.9. The minimum absolute atomic E-state index is 0. The summed E-state index contributed by atoms with van der Waals surface area (Å²) >= 11 is 0. The van der Waals surface area contributed by atoms with Crippen LogP contribution in [0.1, 0.15) is 12.0 Å². The first kappa shape index (κ1) is 14.8. The Labute approximate surface area is 122 Å². The van der Waals surface area contributed by atoms with Crippen molar-refractivity contribution in [1.29, 1.82) is 0 Å². The van der Waals surface area contributed by atoms with Crippen molar-refractivity contribution in [3.63, 3.8) is 0 Å². The second-order valence-electron chi connectivity index (χ2n) is 4.22. The summed E-state index contributed by atoms with van der Waals surface area (Å²) in [5.41, 5.74) is 0.809. The fraction of sp³-hybridized carbons (Fsp3) is 0.385. The van der Waals surface area contributed by atoms with E-state index >= 15 is 0 Å². The molecule has 1 aliphatic heterocycles. The smallest absolute Gasteiger partial charge is 0.257 e. The first-order valence-corrected chi connectivity index (χ1v) is 6.18. The number of nitrogens with zero attached hydrogens (tertiary/aromatic N) is 2.